The molecular weight excluding hydrogens is 256 g/mol. The third-order valence-corrected chi connectivity index (χ3v) is 3.84. The van der Waals surface area contributed by atoms with E-state index in [1.165, 1.54) is 21.5 Å². The second-order valence-corrected chi connectivity index (χ2v) is 5.12. The Bertz CT molecular complexity index is 721. The van der Waals surface area contributed by atoms with E-state index in [4.69, 9.17) is 11.6 Å². The maximum atomic E-state index is 9.81. The Hall–Kier alpha value is -1.57. The molecule has 0 aliphatic heterocycles. The standard InChI is InChI=1S/C17H15ClO/c18-11-14(19)10-13-9-12-5-1-2-6-15(12)17-8-4-3-7-16(13)17/h1-9,14,19H,10-11H2/t14-/m1/s1. The van der Waals surface area contributed by atoms with Crippen LogP contribution < -0.4 is 0 Å². The number of hydrogen-bond donors (Lipinski definition) is 1. The van der Waals surface area contributed by atoms with E-state index in [1.807, 2.05) is 12.1 Å². The van der Waals surface area contributed by atoms with Crippen molar-refractivity contribution in [1.82, 2.24) is 0 Å². The largest absolute Gasteiger partial charge is 0.392 e. The van der Waals surface area contributed by atoms with Crippen LogP contribution in [0.5, 0.6) is 0 Å². The number of aliphatic hydroxyl groups is 1. The monoisotopic (exact) mass is 270 g/mol. The Morgan fingerprint density at radius 1 is 0.895 bits per heavy atom. The lowest BCUT2D eigenvalue weighted by Gasteiger charge is -2.12. The topological polar surface area (TPSA) is 20.2 Å². The molecule has 0 aliphatic rings. The molecule has 96 valence electrons. The molecule has 1 N–H and O–H groups in total. The van der Waals surface area contributed by atoms with Crippen molar-refractivity contribution in [1.29, 1.82) is 0 Å². The first kappa shape index (κ1) is 12.5. The molecule has 0 spiro atoms. The van der Waals surface area contributed by atoms with Crippen molar-refractivity contribution >= 4 is 33.1 Å². The Balaban J connectivity index is 2.29. The van der Waals surface area contributed by atoms with E-state index in [9.17, 15) is 5.11 Å². The molecule has 3 aromatic carbocycles. The molecule has 0 fully saturated rings. The number of rotatable bonds is 3. The highest BCUT2D eigenvalue weighted by Crippen LogP contribution is 2.29. The smallest absolute Gasteiger partial charge is 0.0716 e. The summed E-state index contributed by atoms with van der Waals surface area (Å²) in [6, 6.07) is 18.8. The Morgan fingerprint density at radius 2 is 1.53 bits per heavy atom. The first-order chi connectivity index (χ1) is 9.29. The number of halogens is 1. The van der Waals surface area contributed by atoms with Crippen molar-refractivity contribution in [3.05, 3.63) is 60.2 Å². The van der Waals surface area contributed by atoms with Gasteiger partial charge in [-0.15, -0.1) is 11.6 Å². The Kier molecular flexibility index (Phi) is 3.41. The van der Waals surface area contributed by atoms with Gasteiger partial charge in [-0.2, -0.15) is 0 Å². The SMILES string of the molecule is O[C@@H](CCl)Cc1cc2ccccc2c2ccccc12. The molecule has 0 saturated heterocycles. The van der Waals surface area contributed by atoms with E-state index in [-0.39, 0.29) is 5.88 Å². The molecule has 0 aromatic heterocycles. The van der Waals surface area contributed by atoms with Gasteiger partial charge in [0, 0.05) is 12.3 Å². The summed E-state index contributed by atoms with van der Waals surface area (Å²) in [5.74, 6) is 0.265. The van der Waals surface area contributed by atoms with Gasteiger partial charge in [-0.05, 0) is 27.1 Å². The Labute approximate surface area is 117 Å². The van der Waals surface area contributed by atoms with Crippen LogP contribution in [-0.2, 0) is 6.42 Å². The van der Waals surface area contributed by atoms with Crippen molar-refractivity contribution in [3.8, 4) is 0 Å². The number of alkyl halides is 1. The van der Waals surface area contributed by atoms with Gasteiger partial charge >= 0.3 is 0 Å². The summed E-state index contributed by atoms with van der Waals surface area (Å²) < 4.78 is 0. The minimum Gasteiger partial charge on any atom is -0.392 e. The summed E-state index contributed by atoms with van der Waals surface area (Å²) >= 11 is 5.72. The zero-order valence-corrected chi connectivity index (χ0v) is 11.3. The second-order valence-electron chi connectivity index (χ2n) is 4.81. The first-order valence-electron chi connectivity index (χ1n) is 6.43. The predicted molar refractivity (Wildman–Crippen MR) is 81.9 cm³/mol. The fourth-order valence-electron chi connectivity index (χ4n) is 2.61. The highest BCUT2D eigenvalue weighted by atomic mass is 35.5. The lowest BCUT2D eigenvalue weighted by molar-refractivity contribution is 0.199. The van der Waals surface area contributed by atoms with Crippen molar-refractivity contribution in [2.45, 2.75) is 12.5 Å². The van der Waals surface area contributed by atoms with Crippen LogP contribution in [0.15, 0.2) is 54.6 Å². The van der Waals surface area contributed by atoms with Gasteiger partial charge in [0.05, 0.1) is 6.10 Å². The van der Waals surface area contributed by atoms with Crippen molar-refractivity contribution in [2.75, 3.05) is 5.88 Å². The third kappa shape index (κ3) is 2.32. The van der Waals surface area contributed by atoms with Gasteiger partial charge in [0.15, 0.2) is 0 Å². The molecule has 0 bridgehead atoms. The van der Waals surface area contributed by atoms with Crippen molar-refractivity contribution in [2.24, 2.45) is 0 Å². The average Bonchev–Trinajstić information content (AvgIpc) is 2.47. The van der Waals surface area contributed by atoms with Crippen LogP contribution in [-0.4, -0.2) is 17.1 Å². The average molecular weight is 271 g/mol. The fourth-order valence-corrected chi connectivity index (χ4v) is 2.72. The zero-order chi connectivity index (χ0) is 13.2. The van der Waals surface area contributed by atoms with Crippen LogP contribution >= 0.6 is 11.6 Å². The molecule has 0 radical (unpaired) electrons. The van der Waals surface area contributed by atoms with Gasteiger partial charge < -0.3 is 5.11 Å². The zero-order valence-electron chi connectivity index (χ0n) is 10.5. The molecule has 1 atom stereocenters. The van der Waals surface area contributed by atoms with Crippen LogP contribution in [0, 0.1) is 0 Å². The first-order valence-corrected chi connectivity index (χ1v) is 6.96. The minimum absolute atomic E-state index is 0.265. The number of fused-ring (bicyclic) bond motifs is 3. The number of hydrogen-bond acceptors (Lipinski definition) is 1. The summed E-state index contributed by atoms with van der Waals surface area (Å²) in [5.41, 5.74) is 1.16. The summed E-state index contributed by atoms with van der Waals surface area (Å²) in [6.07, 6.45) is 0.0979. The summed E-state index contributed by atoms with van der Waals surface area (Å²) in [7, 11) is 0. The molecule has 0 saturated carbocycles. The van der Waals surface area contributed by atoms with Crippen molar-refractivity contribution < 1.29 is 5.11 Å². The molecule has 1 nitrogen and oxygen atoms in total. The molecule has 0 heterocycles. The lowest BCUT2D eigenvalue weighted by Crippen LogP contribution is -2.12. The van der Waals surface area contributed by atoms with Gasteiger partial charge in [-0.3, -0.25) is 0 Å². The van der Waals surface area contributed by atoms with Crippen molar-refractivity contribution in [3.63, 3.8) is 0 Å². The summed E-state index contributed by atoms with van der Waals surface area (Å²) in [5, 5.41) is 14.7. The molecule has 0 aliphatic carbocycles. The van der Waals surface area contributed by atoms with E-state index in [0.717, 1.165) is 5.56 Å². The van der Waals surface area contributed by atoms with Gasteiger partial charge in [-0.25, -0.2) is 0 Å². The molecule has 3 aromatic rings. The summed E-state index contributed by atoms with van der Waals surface area (Å²) in [6.45, 7) is 0. The van der Waals surface area contributed by atoms with Gasteiger partial charge in [0.25, 0.3) is 0 Å². The van der Waals surface area contributed by atoms with Crippen LogP contribution in [0.1, 0.15) is 5.56 Å². The van der Waals surface area contributed by atoms with Crippen LogP contribution in [0.4, 0.5) is 0 Å². The molecule has 0 amide bonds. The number of aliphatic hydroxyl groups excluding tert-OH is 1. The molecule has 2 heteroatoms. The highest BCUT2D eigenvalue weighted by Gasteiger charge is 2.09. The van der Waals surface area contributed by atoms with Crippen LogP contribution in [0.25, 0.3) is 21.5 Å². The predicted octanol–water partition coefficient (Wildman–Crippen LogP) is 4.14. The second kappa shape index (κ2) is 5.20. The van der Waals surface area contributed by atoms with E-state index in [2.05, 4.69) is 42.5 Å². The minimum atomic E-state index is -0.494. The highest BCUT2D eigenvalue weighted by molar-refractivity contribution is 6.18. The van der Waals surface area contributed by atoms with Crippen LogP contribution in [0.2, 0.25) is 0 Å². The fraction of sp³-hybridized carbons (Fsp3) is 0.176. The third-order valence-electron chi connectivity index (χ3n) is 3.49. The van der Waals surface area contributed by atoms with Gasteiger partial charge in [0.1, 0.15) is 0 Å². The quantitative estimate of drug-likeness (QED) is 0.560. The van der Waals surface area contributed by atoms with E-state index in [0.29, 0.717) is 6.42 Å². The lowest BCUT2D eigenvalue weighted by atomic mass is 9.94. The normalized spacial score (nSPS) is 12.9. The molecule has 0 unspecified atom stereocenters. The van der Waals surface area contributed by atoms with Crippen LogP contribution in [0.3, 0.4) is 0 Å². The maximum absolute atomic E-state index is 9.81. The molecule has 3 rings (SSSR count). The van der Waals surface area contributed by atoms with Gasteiger partial charge in [-0.1, -0.05) is 54.6 Å². The van der Waals surface area contributed by atoms with E-state index < -0.39 is 6.10 Å². The van der Waals surface area contributed by atoms with Gasteiger partial charge in [0.2, 0.25) is 0 Å². The summed E-state index contributed by atoms with van der Waals surface area (Å²) in [4.78, 5) is 0. The molecular formula is C17H15ClO. The maximum Gasteiger partial charge on any atom is 0.0716 e. The van der Waals surface area contributed by atoms with E-state index in [1.54, 1.807) is 0 Å². The molecule has 19 heavy (non-hydrogen) atoms. The van der Waals surface area contributed by atoms with E-state index >= 15 is 0 Å². The number of benzene rings is 3. The Morgan fingerprint density at radius 3 is 2.26 bits per heavy atom.